The van der Waals surface area contributed by atoms with Crippen molar-refractivity contribution in [3.8, 4) is 0 Å². The lowest BCUT2D eigenvalue weighted by Crippen LogP contribution is -2.34. The summed E-state index contributed by atoms with van der Waals surface area (Å²) in [4.78, 5) is 37.7. The molecule has 0 spiro atoms. The van der Waals surface area contributed by atoms with Crippen molar-refractivity contribution < 1.29 is 14.5 Å². The Balaban J connectivity index is 2.15. The first-order chi connectivity index (χ1) is 14.0. The largest absolute Gasteiger partial charge is 0.293 e. The Morgan fingerprint density at radius 1 is 0.793 bits per heavy atom. The van der Waals surface area contributed by atoms with Crippen molar-refractivity contribution in [2.45, 2.75) is 5.92 Å². The molecule has 6 heteroatoms. The van der Waals surface area contributed by atoms with Gasteiger partial charge in [-0.1, -0.05) is 90.5 Å². The summed E-state index contributed by atoms with van der Waals surface area (Å²) in [6.07, 6.45) is 0. The molecule has 0 saturated heterocycles. The molecule has 3 aromatic rings. The quantitative estimate of drug-likeness (QED) is 0.226. The lowest BCUT2D eigenvalue weighted by Gasteiger charge is -2.24. The number of halogens is 1. The van der Waals surface area contributed by atoms with Crippen LogP contribution in [0.25, 0.3) is 0 Å². The number of hydrogen-bond donors (Lipinski definition) is 0. The summed E-state index contributed by atoms with van der Waals surface area (Å²) in [6.45, 7) is -0.592. The van der Waals surface area contributed by atoms with Crippen molar-refractivity contribution in [2.24, 2.45) is 5.92 Å². The Bertz CT molecular complexity index is 970. The van der Waals surface area contributed by atoms with Gasteiger partial charge in [-0.2, -0.15) is 0 Å². The van der Waals surface area contributed by atoms with E-state index in [4.69, 9.17) is 11.6 Å². The third kappa shape index (κ3) is 4.76. The number of nitrogens with zero attached hydrogens (tertiary/aromatic N) is 1. The minimum atomic E-state index is -1.27. The number of rotatable bonds is 8. The summed E-state index contributed by atoms with van der Waals surface area (Å²) in [5.41, 5.74) is 1.05. The molecule has 0 aliphatic heterocycles. The van der Waals surface area contributed by atoms with Crippen LogP contribution < -0.4 is 0 Å². The zero-order valence-electron chi connectivity index (χ0n) is 15.4. The molecule has 146 valence electrons. The minimum absolute atomic E-state index is 0.283. The molecule has 29 heavy (non-hydrogen) atoms. The molecule has 0 N–H and O–H groups in total. The highest BCUT2D eigenvalue weighted by Crippen LogP contribution is 2.34. The molecule has 1 atom stereocenters. The normalized spacial score (nSPS) is 11.8. The van der Waals surface area contributed by atoms with Gasteiger partial charge >= 0.3 is 0 Å². The number of ketones is 2. The maximum absolute atomic E-state index is 13.4. The molecule has 3 rings (SSSR count). The monoisotopic (exact) mass is 407 g/mol. The average molecular weight is 408 g/mol. The number of benzene rings is 3. The van der Waals surface area contributed by atoms with Gasteiger partial charge in [0.15, 0.2) is 11.6 Å². The molecule has 0 heterocycles. The molecule has 0 aliphatic carbocycles. The Kier molecular flexibility index (Phi) is 6.52. The summed E-state index contributed by atoms with van der Waals surface area (Å²) in [5, 5.41) is 11.7. The van der Waals surface area contributed by atoms with E-state index in [1.807, 2.05) is 0 Å². The van der Waals surface area contributed by atoms with Crippen molar-refractivity contribution in [3.05, 3.63) is 117 Å². The number of nitro groups is 1. The molecule has 0 aliphatic rings. The van der Waals surface area contributed by atoms with Gasteiger partial charge in [0.05, 0.1) is 11.8 Å². The summed E-state index contributed by atoms with van der Waals surface area (Å²) < 4.78 is 0. The first-order valence-electron chi connectivity index (χ1n) is 9.03. The highest BCUT2D eigenvalue weighted by Gasteiger charge is 2.40. The van der Waals surface area contributed by atoms with Gasteiger partial charge < -0.3 is 0 Å². The van der Waals surface area contributed by atoms with Gasteiger partial charge in [0, 0.05) is 21.1 Å². The van der Waals surface area contributed by atoms with Gasteiger partial charge in [0.25, 0.3) is 0 Å². The number of carbonyl (C=O) groups excluding carboxylic acids is 2. The maximum atomic E-state index is 13.4. The lowest BCUT2D eigenvalue weighted by atomic mass is 9.77. The summed E-state index contributed by atoms with van der Waals surface area (Å²) in [6, 6.07) is 23.3. The van der Waals surface area contributed by atoms with Gasteiger partial charge in [0.1, 0.15) is 0 Å². The zero-order chi connectivity index (χ0) is 20.8. The molecule has 0 amide bonds. The van der Waals surface area contributed by atoms with E-state index in [0.29, 0.717) is 16.7 Å². The van der Waals surface area contributed by atoms with Crippen LogP contribution in [0.2, 0.25) is 5.02 Å². The summed E-state index contributed by atoms with van der Waals surface area (Å²) in [7, 11) is 0. The highest BCUT2D eigenvalue weighted by molar-refractivity contribution is 6.31. The van der Waals surface area contributed by atoms with Gasteiger partial charge in [-0.25, -0.2) is 0 Å². The number of hydrogen-bond acceptors (Lipinski definition) is 4. The molecule has 5 nitrogen and oxygen atoms in total. The zero-order valence-corrected chi connectivity index (χ0v) is 16.2. The second-order valence-electron chi connectivity index (χ2n) is 6.58. The van der Waals surface area contributed by atoms with E-state index in [0.717, 1.165) is 0 Å². The van der Waals surface area contributed by atoms with Gasteiger partial charge in [-0.05, 0) is 11.6 Å². The first-order valence-corrected chi connectivity index (χ1v) is 9.41. The second-order valence-corrected chi connectivity index (χ2v) is 6.99. The van der Waals surface area contributed by atoms with Crippen LogP contribution in [-0.4, -0.2) is 23.0 Å². The van der Waals surface area contributed by atoms with Gasteiger partial charge in [-0.3, -0.25) is 19.7 Å². The van der Waals surface area contributed by atoms with Crippen LogP contribution in [0.15, 0.2) is 84.9 Å². The van der Waals surface area contributed by atoms with E-state index < -0.39 is 34.9 Å². The van der Waals surface area contributed by atoms with E-state index in [-0.39, 0.29) is 5.02 Å². The van der Waals surface area contributed by atoms with Crippen LogP contribution in [0.3, 0.4) is 0 Å². The van der Waals surface area contributed by atoms with E-state index in [2.05, 4.69) is 0 Å². The van der Waals surface area contributed by atoms with Crippen molar-refractivity contribution in [1.82, 2.24) is 0 Å². The summed E-state index contributed by atoms with van der Waals surface area (Å²) in [5.74, 6) is -3.21. The topological polar surface area (TPSA) is 77.3 Å². The fraction of sp³-hybridized carbons (Fsp3) is 0.130. The lowest BCUT2D eigenvalue weighted by molar-refractivity contribution is -0.484. The summed E-state index contributed by atoms with van der Waals surface area (Å²) >= 11 is 6.30. The van der Waals surface area contributed by atoms with E-state index in [1.165, 1.54) is 0 Å². The van der Waals surface area contributed by atoms with Gasteiger partial charge in [-0.15, -0.1) is 0 Å². The first kappa shape index (κ1) is 20.4. The molecule has 0 radical (unpaired) electrons. The average Bonchev–Trinajstić information content (AvgIpc) is 2.74. The van der Waals surface area contributed by atoms with Crippen LogP contribution in [0.4, 0.5) is 0 Å². The van der Waals surface area contributed by atoms with Crippen LogP contribution in [-0.2, 0) is 0 Å². The number of carbonyl (C=O) groups is 2. The minimum Gasteiger partial charge on any atom is -0.293 e. The van der Waals surface area contributed by atoms with Crippen molar-refractivity contribution in [1.29, 1.82) is 0 Å². The fourth-order valence-corrected chi connectivity index (χ4v) is 3.64. The predicted octanol–water partition coefficient (Wildman–Crippen LogP) is 5.08. The Labute approximate surface area is 173 Å². The molecule has 0 bridgehead atoms. The highest BCUT2D eigenvalue weighted by atomic mass is 35.5. The molecular weight excluding hydrogens is 390 g/mol. The molecule has 0 saturated carbocycles. The Morgan fingerprint density at radius 3 is 1.69 bits per heavy atom. The van der Waals surface area contributed by atoms with Crippen LogP contribution in [0.5, 0.6) is 0 Å². The van der Waals surface area contributed by atoms with Crippen molar-refractivity contribution >= 4 is 23.2 Å². The standard InChI is InChI=1S/C23H18ClNO4/c24-20-14-8-7-13-18(20)19(15-25(28)29)21(22(26)16-9-3-1-4-10-16)23(27)17-11-5-2-6-12-17/h1-14,19,21H,15H2/t19-/m0/s1. The molecule has 0 fully saturated rings. The molecular formula is C23H18ClNO4. The van der Waals surface area contributed by atoms with Crippen molar-refractivity contribution in [2.75, 3.05) is 6.54 Å². The van der Waals surface area contributed by atoms with Crippen molar-refractivity contribution in [3.63, 3.8) is 0 Å². The van der Waals surface area contributed by atoms with Crippen LogP contribution in [0.1, 0.15) is 32.2 Å². The molecule has 0 unspecified atom stereocenters. The van der Waals surface area contributed by atoms with Crippen LogP contribution in [0, 0.1) is 16.0 Å². The maximum Gasteiger partial charge on any atom is 0.211 e. The third-order valence-corrected chi connectivity index (χ3v) is 5.08. The SMILES string of the molecule is O=C(c1ccccc1)C(C(=O)c1ccccc1)[C@@H](C[N+](=O)[O-])c1ccccc1Cl. The van der Waals surface area contributed by atoms with Gasteiger partial charge in [0.2, 0.25) is 6.54 Å². The second kappa shape index (κ2) is 9.26. The smallest absolute Gasteiger partial charge is 0.211 e. The fourth-order valence-electron chi connectivity index (χ4n) is 3.37. The third-order valence-electron chi connectivity index (χ3n) is 4.73. The van der Waals surface area contributed by atoms with Crippen LogP contribution >= 0.6 is 11.6 Å². The Hall–Kier alpha value is -3.31. The van der Waals surface area contributed by atoms with E-state index in [1.54, 1.807) is 84.9 Å². The van der Waals surface area contributed by atoms with E-state index >= 15 is 0 Å². The number of Topliss-reactive ketones (excluding diaryl/α,β-unsaturated/α-hetero) is 2. The molecule has 3 aromatic carbocycles. The molecule has 0 aromatic heterocycles. The predicted molar refractivity (Wildman–Crippen MR) is 111 cm³/mol. The Morgan fingerprint density at radius 2 is 1.24 bits per heavy atom. The van der Waals surface area contributed by atoms with E-state index in [9.17, 15) is 19.7 Å².